The van der Waals surface area contributed by atoms with Gasteiger partial charge in [-0.2, -0.15) is 0 Å². The van der Waals surface area contributed by atoms with Crippen molar-refractivity contribution < 1.29 is 9.63 Å². The summed E-state index contributed by atoms with van der Waals surface area (Å²) in [6, 6.07) is 0.221. The Morgan fingerprint density at radius 1 is 1.50 bits per heavy atom. The fourth-order valence-electron chi connectivity index (χ4n) is 2.23. The Kier molecular flexibility index (Phi) is 4.70. The van der Waals surface area contributed by atoms with Crippen LogP contribution in [0.4, 0.5) is 11.6 Å². The number of carbonyl (C=O) groups excluding carboxylic acids is 1. The van der Waals surface area contributed by atoms with Crippen LogP contribution >= 0.6 is 0 Å². The maximum absolute atomic E-state index is 10.4. The zero-order valence-electron chi connectivity index (χ0n) is 11.3. The minimum absolute atomic E-state index is 0.221. The van der Waals surface area contributed by atoms with Crippen molar-refractivity contribution in [3.63, 3.8) is 0 Å². The monoisotopic (exact) mass is 278 g/mol. The normalized spacial score (nSPS) is 16.4. The first-order valence-electron chi connectivity index (χ1n) is 6.38. The summed E-state index contributed by atoms with van der Waals surface area (Å²) in [6.45, 7) is 1.57. The molecule has 3 N–H and O–H groups in total. The van der Waals surface area contributed by atoms with Gasteiger partial charge in [-0.3, -0.25) is 4.79 Å². The molecule has 1 aliphatic heterocycles. The summed E-state index contributed by atoms with van der Waals surface area (Å²) in [7, 11) is 1.47. The van der Waals surface area contributed by atoms with Crippen LogP contribution < -0.4 is 16.0 Å². The van der Waals surface area contributed by atoms with Gasteiger partial charge in [0.2, 0.25) is 6.41 Å². The van der Waals surface area contributed by atoms with Gasteiger partial charge in [0.1, 0.15) is 25.1 Å². The SMILES string of the molecule is CO/N=C/c1c(N)ncnc1N1CCC(NC=O)CC1. The quantitative estimate of drug-likeness (QED) is 0.437. The average Bonchev–Trinajstić information content (AvgIpc) is 2.47. The van der Waals surface area contributed by atoms with E-state index in [1.807, 2.05) is 0 Å². The third kappa shape index (κ3) is 3.14. The summed E-state index contributed by atoms with van der Waals surface area (Å²) in [5, 5.41) is 6.54. The molecular formula is C12H18N6O2. The molecule has 0 spiro atoms. The van der Waals surface area contributed by atoms with E-state index < -0.39 is 0 Å². The Bertz CT molecular complexity index is 485. The van der Waals surface area contributed by atoms with Crippen molar-refractivity contribution in [3.05, 3.63) is 11.9 Å². The van der Waals surface area contributed by atoms with Crippen LogP contribution in [-0.4, -0.2) is 48.8 Å². The molecule has 1 amide bonds. The number of amides is 1. The molecule has 1 aliphatic rings. The van der Waals surface area contributed by atoms with Crippen LogP contribution in [0, 0.1) is 0 Å². The summed E-state index contributed by atoms with van der Waals surface area (Å²) in [5.74, 6) is 1.10. The molecule has 8 heteroatoms. The van der Waals surface area contributed by atoms with Gasteiger partial charge in [-0.25, -0.2) is 9.97 Å². The van der Waals surface area contributed by atoms with E-state index in [0.717, 1.165) is 38.2 Å². The van der Waals surface area contributed by atoms with Gasteiger partial charge >= 0.3 is 0 Å². The van der Waals surface area contributed by atoms with Gasteiger partial charge in [0, 0.05) is 19.1 Å². The highest BCUT2D eigenvalue weighted by Crippen LogP contribution is 2.23. The van der Waals surface area contributed by atoms with Gasteiger partial charge in [0.05, 0.1) is 11.8 Å². The molecule has 0 radical (unpaired) electrons. The van der Waals surface area contributed by atoms with E-state index in [-0.39, 0.29) is 6.04 Å². The van der Waals surface area contributed by atoms with Gasteiger partial charge in [-0.1, -0.05) is 5.16 Å². The topological polar surface area (TPSA) is 106 Å². The summed E-state index contributed by atoms with van der Waals surface area (Å²) in [4.78, 5) is 25.5. The number of oxime groups is 1. The van der Waals surface area contributed by atoms with Gasteiger partial charge in [-0.15, -0.1) is 0 Å². The molecule has 0 aliphatic carbocycles. The molecule has 1 saturated heterocycles. The van der Waals surface area contributed by atoms with Crippen LogP contribution in [0.25, 0.3) is 0 Å². The van der Waals surface area contributed by atoms with Crippen molar-refractivity contribution in [2.24, 2.45) is 5.16 Å². The standard InChI is InChI=1S/C12H18N6O2/c1-20-17-6-10-11(13)14-7-15-12(10)18-4-2-9(3-5-18)16-8-19/h6-9H,2-5H2,1H3,(H,16,19)(H2,13,14,15)/b17-6+. The number of hydrogen-bond donors (Lipinski definition) is 2. The number of rotatable bonds is 5. The minimum atomic E-state index is 0.221. The second kappa shape index (κ2) is 6.69. The molecule has 0 atom stereocenters. The van der Waals surface area contributed by atoms with Crippen molar-refractivity contribution in [2.45, 2.75) is 18.9 Å². The summed E-state index contributed by atoms with van der Waals surface area (Å²) >= 11 is 0. The van der Waals surface area contributed by atoms with Crippen molar-refractivity contribution >= 4 is 24.3 Å². The Balaban J connectivity index is 2.15. The molecule has 1 fully saturated rings. The van der Waals surface area contributed by atoms with E-state index in [4.69, 9.17) is 5.73 Å². The number of nitrogens with zero attached hydrogens (tertiary/aromatic N) is 4. The van der Waals surface area contributed by atoms with E-state index in [1.165, 1.54) is 19.7 Å². The third-order valence-corrected chi connectivity index (χ3v) is 3.28. The molecule has 20 heavy (non-hydrogen) atoms. The predicted molar refractivity (Wildman–Crippen MR) is 75.5 cm³/mol. The van der Waals surface area contributed by atoms with Gasteiger partial charge in [0.15, 0.2) is 0 Å². The fourth-order valence-corrected chi connectivity index (χ4v) is 2.23. The second-order valence-corrected chi connectivity index (χ2v) is 4.46. The van der Waals surface area contributed by atoms with Crippen LogP contribution in [0.2, 0.25) is 0 Å². The van der Waals surface area contributed by atoms with Gasteiger partial charge < -0.3 is 20.8 Å². The van der Waals surface area contributed by atoms with Crippen LogP contribution in [0.15, 0.2) is 11.5 Å². The summed E-state index contributed by atoms with van der Waals surface area (Å²) in [6.07, 6.45) is 5.43. The second-order valence-electron chi connectivity index (χ2n) is 4.46. The van der Waals surface area contributed by atoms with E-state index in [1.54, 1.807) is 0 Å². The Hall–Kier alpha value is -2.38. The molecule has 0 aromatic carbocycles. The molecule has 108 valence electrons. The summed E-state index contributed by atoms with van der Waals surface area (Å²) in [5.41, 5.74) is 6.51. The van der Waals surface area contributed by atoms with Crippen molar-refractivity contribution in [1.82, 2.24) is 15.3 Å². The van der Waals surface area contributed by atoms with Crippen LogP contribution in [-0.2, 0) is 9.63 Å². The van der Waals surface area contributed by atoms with Crippen molar-refractivity contribution in [3.8, 4) is 0 Å². The predicted octanol–water partition coefficient (Wildman–Crippen LogP) is -0.246. The van der Waals surface area contributed by atoms with E-state index >= 15 is 0 Å². The van der Waals surface area contributed by atoms with E-state index in [2.05, 4.69) is 30.2 Å². The maximum Gasteiger partial charge on any atom is 0.207 e. The van der Waals surface area contributed by atoms with E-state index in [9.17, 15) is 4.79 Å². The molecule has 0 saturated carbocycles. The number of hydrogen-bond acceptors (Lipinski definition) is 7. The lowest BCUT2D eigenvalue weighted by atomic mass is 10.0. The van der Waals surface area contributed by atoms with Crippen molar-refractivity contribution in [2.75, 3.05) is 30.8 Å². The number of nitrogens with two attached hydrogens (primary N) is 1. The molecule has 0 unspecified atom stereocenters. The zero-order chi connectivity index (χ0) is 14.4. The molecular weight excluding hydrogens is 260 g/mol. The summed E-state index contributed by atoms with van der Waals surface area (Å²) < 4.78 is 0. The number of aromatic nitrogens is 2. The minimum Gasteiger partial charge on any atom is -0.399 e. The Morgan fingerprint density at radius 3 is 2.90 bits per heavy atom. The van der Waals surface area contributed by atoms with Gasteiger partial charge in [-0.05, 0) is 12.8 Å². The molecule has 0 bridgehead atoms. The molecule has 8 nitrogen and oxygen atoms in total. The molecule has 1 aromatic heterocycles. The van der Waals surface area contributed by atoms with Crippen molar-refractivity contribution in [1.29, 1.82) is 0 Å². The van der Waals surface area contributed by atoms with Crippen LogP contribution in [0.5, 0.6) is 0 Å². The lowest BCUT2D eigenvalue weighted by molar-refractivity contribution is -0.110. The highest BCUT2D eigenvalue weighted by molar-refractivity contribution is 5.91. The maximum atomic E-state index is 10.4. The first-order chi connectivity index (χ1) is 9.76. The zero-order valence-corrected chi connectivity index (χ0v) is 11.3. The Morgan fingerprint density at radius 2 is 2.25 bits per heavy atom. The lowest BCUT2D eigenvalue weighted by Gasteiger charge is -2.33. The van der Waals surface area contributed by atoms with Crippen LogP contribution in [0.3, 0.4) is 0 Å². The fraction of sp³-hybridized carbons (Fsp3) is 0.500. The number of nitrogen functional groups attached to an aromatic ring is 1. The first-order valence-corrected chi connectivity index (χ1v) is 6.38. The number of nitrogens with one attached hydrogen (secondary N) is 1. The number of carbonyl (C=O) groups is 1. The Labute approximate surface area is 117 Å². The first kappa shape index (κ1) is 14.0. The van der Waals surface area contributed by atoms with Gasteiger partial charge in [0.25, 0.3) is 0 Å². The average molecular weight is 278 g/mol. The van der Waals surface area contributed by atoms with E-state index in [0.29, 0.717) is 11.4 Å². The number of anilines is 2. The third-order valence-electron chi connectivity index (χ3n) is 3.28. The van der Waals surface area contributed by atoms with Crippen LogP contribution in [0.1, 0.15) is 18.4 Å². The molecule has 1 aromatic rings. The highest BCUT2D eigenvalue weighted by Gasteiger charge is 2.22. The molecule has 2 rings (SSSR count). The largest absolute Gasteiger partial charge is 0.399 e. The highest BCUT2D eigenvalue weighted by atomic mass is 16.6. The smallest absolute Gasteiger partial charge is 0.207 e. The number of piperidine rings is 1. The lowest BCUT2D eigenvalue weighted by Crippen LogP contribution is -2.42. The molecule has 2 heterocycles.